The molecule has 0 fully saturated rings. The van der Waals surface area contributed by atoms with Gasteiger partial charge in [-0.05, 0) is 64.2 Å². The third-order valence-corrected chi connectivity index (χ3v) is 7.63. The van der Waals surface area contributed by atoms with Crippen LogP contribution in [-0.4, -0.2) is 32.3 Å². The first-order valence-corrected chi connectivity index (χ1v) is 12.6. The monoisotopic (exact) mass is 509 g/mol. The number of halogens is 2. The molecule has 1 aliphatic rings. The van der Waals surface area contributed by atoms with E-state index >= 15 is 0 Å². The van der Waals surface area contributed by atoms with E-state index in [4.69, 9.17) is 16.3 Å². The number of carbonyl (C=O) groups excluding carboxylic acids is 1. The van der Waals surface area contributed by atoms with Gasteiger partial charge in [0, 0.05) is 39.3 Å². The molecule has 158 valence electrons. The predicted octanol–water partition coefficient (Wildman–Crippen LogP) is 5.10. The highest BCUT2D eigenvalue weighted by Gasteiger charge is 2.33. The Morgan fingerprint density at radius 2 is 1.97 bits per heavy atom. The largest absolute Gasteiger partial charge is 0.469 e. The Morgan fingerprint density at radius 3 is 2.60 bits per heavy atom. The lowest BCUT2D eigenvalue weighted by Gasteiger charge is -2.17. The Balaban J connectivity index is 1.94. The molecule has 1 heterocycles. The minimum Gasteiger partial charge on any atom is -0.469 e. The fourth-order valence-electron chi connectivity index (χ4n) is 4.32. The van der Waals surface area contributed by atoms with Crippen molar-refractivity contribution < 1.29 is 17.9 Å². The molecule has 8 heteroatoms. The first-order valence-electron chi connectivity index (χ1n) is 9.55. The highest BCUT2D eigenvalue weighted by Crippen LogP contribution is 2.45. The molecule has 0 saturated heterocycles. The van der Waals surface area contributed by atoms with Crippen molar-refractivity contribution in [2.45, 2.75) is 36.6 Å². The Bertz CT molecular complexity index is 1250. The third kappa shape index (κ3) is 3.90. The number of hydrogen-bond donors (Lipinski definition) is 0. The van der Waals surface area contributed by atoms with Gasteiger partial charge < -0.3 is 9.30 Å². The second kappa shape index (κ2) is 8.02. The van der Waals surface area contributed by atoms with Gasteiger partial charge in [-0.3, -0.25) is 4.79 Å². The number of carbonyl (C=O) groups is 1. The first kappa shape index (κ1) is 21.4. The van der Waals surface area contributed by atoms with Crippen molar-refractivity contribution in [2.24, 2.45) is 0 Å². The van der Waals surface area contributed by atoms with Gasteiger partial charge in [0.05, 0.1) is 23.9 Å². The van der Waals surface area contributed by atoms with E-state index in [0.29, 0.717) is 18.0 Å². The molecular formula is C22H21BrClNO4S. The van der Waals surface area contributed by atoms with Crippen LogP contribution in [-0.2, 0) is 32.3 Å². The minimum absolute atomic E-state index is 0.0285. The molecule has 0 saturated carbocycles. The molecular weight excluding hydrogens is 490 g/mol. The lowest BCUT2D eigenvalue weighted by molar-refractivity contribution is -0.141. The van der Waals surface area contributed by atoms with Gasteiger partial charge in [-0.15, -0.1) is 0 Å². The van der Waals surface area contributed by atoms with Crippen molar-refractivity contribution >= 4 is 54.2 Å². The van der Waals surface area contributed by atoms with E-state index in [9.17, 15) is 13.2 Å². The van der Waals surface area contributed by atoms with Crippen LogP contribution in [0.2, 0.25) is 5.02 Å². The van der Waals surface area contributed by atoms with Gasteiger partial charge in [0.2, 0.25) is 0 Å². The van der Waals surface area contributed by atoms with Crippen molar-refractivity contribution in [2.75, 3.05) is 13.4 Å². The number of nitrogens with zero attached hydrogens (tertiary/aromatic N) is 1. The maximum atomic E-state index is 12.2. The lowest BCUT2D eigenvalue weighted by Crippen LogP contribution is -2.12. The number of benzene rings is 2. The molecule has 3 aromatic rings. The zero-order chi connectivity index (χ0) is 21.6. The van der Waals surface area contributed by atoms with Crippen LogP contribution in [0.3, 0.4) is 0 Å². The van der Waals surface area contributed by atoms with Crippen molar-refractivity contribution in [3.8, 4) is 0 Å². The first-order chi connectivity index (χ1) is 14.2. The van der Waals surface area contributed by atoms with Gasteiger partial charge in [-0.25, -0.2) is 8.42 Å². The van der Waals surface area contributed by atoms with Gasteiger partial charge in [0.1, 0.15) is 0 Å². The number of aryl methyl sites for hydroxylation is 1. The summed E-state index contributed by atoms with van der Waals surface area (Å²) in [5.74, 6) is -0.215. The molecule has 0 aliphatic heterocycles. The fraction of sp³-hybridized carbons (Fsp3) is 0.318. The summed E-state index contributed by atoms with van der Waals surface area (Å²) in [4.78, 5) is 12.3. The van der Waals surface area contributed by atoms with Crippen molar-refractivity contribution in [1.29, 1.82) is 0 Å². The highest BCUT2D eigenvalue weighted by molar-refractivity contribution is 9.10. The maximum Gasteiger partial charge on any atom is 0.306 e. The summed E-state index contributed by atoms with van der Waals surface area (Å²) in [5.41, 5.74) is 4.20. The lowest BCUT2D eigenvalue weighted by atomic mass is 10.0. The Hall–Kier alpha value is -1.83. The molecule has 1 unspecified atom stereocenters. The number of methoxy groups -OCH3 is 1. The van der Waals surface area contributed by atoms with E-state index in [1.807, 2.05) is 24.3 Å². The van der Waals surface area contributed by atoms with Crippen molar-refractivity contribution in [3.05, 3.63) is 62.7 Å². The summed E-state index contributed by atoms with van der Waals surface area (Å²) in [6.45, 7) is 0.595. The topological polar surface area (TPSA) is 65.4 Å². The second-order valence-electron chi connectivity index (χ2n) is 7.67. The van der Waals surface area contributed by atoms with Crippen LogP contribution in [0, 0.1) is 0 Å². The summed E-state index contributed by atoms with van der Waals surface area (Å²) >= 11 is 9.64. The molecule has 5 nitrogen and oxygen atoms in total. The Kier molecular flexibility index (Phi) is 5.72. The number of esters is 1. The van der Waals surface area contributed by atoms with Crippen LogP contribution in [0.4, 0.5) is 0 Å². The molecule has 1 aromatic heterocycles. The van der Waals surface area contributed by atoms with E-state index in [1.165, 1.54) is 13.4 Å². The smallest absolute Gasteiger partial charge is 0.306 e. The van der Waals surface area contributed by atoms with Gasteiger partial charge in [-0.2, -0.15) is 0 Å². The average molecular weight is 511 g/mol. The number of hydrogen-bond acceptors (Lipinski definition) is 4. The Morgan fingerprint density at radius 1 is 1.27 bits per heavy atom. The normalized spacial score (nSPS) is 16.1. The molecule has 0 spiro atoms. The van der Waals surface area contributed by atoms with Crippen LogP contribution in [0.1, 0.15) is 35.6 Å². The van der Waals surface area contributed by atoms with Gasteiger partial charge in [-0.1, -0.05) is 23.7 Å². The highest BCUT2D eigenvalue weighted by atomic mass is 79.9. The summed E-state index contributed by atoms with van der Waals surface area (Å²) in [7, 11) is -1.95. The number of rotatable bonds is 5. The van der Waals surface area contributed by atoms with Gasteiger partial charge in [0.15, 0.2) is 9.84 Å². The quantitative estimate of drug-likeness (QED) is 0.448. The van der Waals surface area contributed by atoms with E-state index in [0.717, 1.165) is 45.0 Å². The summed E-state index contributed by atoms with van der Waals surface area (Å²) in [6, 6.07) is 11.1. The summed E-state index contributed by atoms with van der Waals surface area (Å²) < 4.78 is 32.2. The molecule has 1 atom stereocenters. The zero-order valence-corrected chi connectivity index (χ0v) is 19.8. The average Bonchev–Trinajstić information content (AvgIpc) is 3.22. The van der Waals surface area contributed by atoms with Crippen LogP contribution >= 0.6 is 27.5 Å². The molecule has 0 bridgehead atoms. The molecule has 0 radical (unpaired) electrons. The number of aromatic nitrogens is 1. The molecule has 4 rings (SSSR count). The number of fused-ring (bicyclic) bond motifs is 3. The van der Waals surface area contributed by atoms with Crippen LogP contribution in [0.5, 0.6) is 0 Å². The van der Waals surface area contributed by atoms with E-state index in [-0.39, 0.29) is 16.8 Å². The van der Waals surface area contributed by atoms with E-state index in [1.54, 1.807) is 12.1 Å². The predicted molar refractivity (Wildman–Crippen MR) is 121 cm³/mol. The van der Waals surface area contributed by atoms with Gasteiger partial charge in [0.25, 0.3) is 0 Å². The van der Waals surface area contributed by atoms with E-state index in [2.05, 4.69) is 20.5 Å². The van der Waals surface area contributed by atoms with Crippen LogP contribution in [0.25, 0.3) is 10.9 Å². The third-order valence-electron chi connectivity index (χ3n) is 5.68. The summed E-state index contributed by atoms with van der Waals surface area (Å²) in [6.07, 6.45) is 3.14. The fourth-order valence-corrected chi connectivity index (χ4v) is 5.93. The maximum absolute atomic E-state index is 12.2. The second-order valence-corrected chi connectivity index (χ2v) is 11.0. The molecule has 0 amide bonds. The molecule has 2 aromatic carbocycles. The Labute approximate surface area is 189 Å². The summed E-state index contributed by atoms with van der Waals surface area (Å²) in [5, 5.41) is 1.59. The van der Waals surface area contributed by atoms with Crippen molar-refractivity contribution in [3.63, 3.8) is 0 Å². The molecule has 0 N–H and O–H groups in total. The standard InChI is InChI=1S/C22H21BrClNO4S/c1-29-20(26)9-14-5-8-17-18-10-16(30(2,27)28)11-19(23)22(18)25(21(14)17)12-13-3-6-15(24)7-4-13/h3-4,6-7,10-11,14H,5,8-9,12H2,1-2H3. The van der Waals surface area contributed by atoms with Crippen LogP contribution in [0.15, 0.2) is 45.8 Å². The van der Waals surface area contributed by atoms with Crippen molar-refractivity contribution in [1.82, 2.24) is 4.57 Å². The molecule has 1 aliphatic carbocycles. The SMILES string of the molecule is COC(=O)CC1CCc2c1n(Cc1ccc(Cl)cc1)c1c(Br)cc(S(C)(=O)=O)cc21. The zero-order valence-electron chi connectivity index (χ0n) is 16.6. The minimum atomic E-state index is -3.35. The van der Waals surface area contributed by atoms with E-state index < -0.39 is 9.84 Å². The number of sulfone groups is 1. The van der Waals surface area contributed by atoms with Crippen LogP contribution < -0.4 is 0 Å². The molecule has 30 heavy (non-hydrogen) atoms. The van der Waals surface area contributed by atoms with Gasteiger partial charge >= 0.3 is 5.97 Å². The number of ether oxygens (including phenoxy) is 1.